The van der Waals surface area contributed by atoms with Crippen molar-refractivity contribution in [3.05, 3.63) is 52.9 Å². The van der Waals surface area contributed by atoms with Crippen molar-refractivity contribution in [2.75, 3.05) is 0 Å². The first-order chi connectivity index (χ1) is 9.06. The van der Waals surface area contributed by atoms with Crippen molar-refractivity contribution >= 4 is 5.97 Å². The largest absolute Gasteiger partial charge is 0.476 e. The molecule has 0 saturated carbocycles. The maximum atomic E-state index is 10.7. The van der Waals surface area contributed by atoms with E-state index < -0.39 is 5.97 Å². The number of nitrogens with one attached hydrogen (secondary N) is 1. The zero-order chi connectivity index (χ0) is 13.8. The summed E-state index contributed by atoms with van der Waals surface area (Å²) < 4.78 is 4.94. The molecule has 0 saturated heterocycles. The smallest absolute Gasteiger partial charge is 0.358 e. The third kappa shape index (κ3) is 3.42. The zero-order valence-corrected chi connectivity index (χ0v) is 10.9. The van der Waals surface area contributed by atoms with Crippen molar-refractivity contribution in [1.82, 2.24) is 10.5 Å². The van der Waals surface area contributed by atoms with Gasteiger partial charge in [-0.1, -0.05) is 35.0 Å². The molecule has 0 aliphatic heterocycles. The quantitative estimate of drug-likeness (QED) is 0.864. The molecule has 0 aliphatic rings. The summed E-state index contributed by atoms with van der Waals surface area (Å²) >= 11 is 0. The molecule has 5 nitrogen and oxygen atoms in total. The molecule has 0 amide bonds. The van der Waals surface area contributed by atoms with Gasteiger partial charge in [-0.2, -0.15) is 0 Å². The van der Waals surface area contributed by atoms with Crippen molar-refractivity contribution in [3.8, 4) is 0 Å². The van der Waals surface area contributed by atoms with Crippen LogP contribution in [0.25, 0.3) is 0 Å². The second kappa shape index (κ2) is 5.67. The van der Waals surface area contributed by atoms with Crippen LogP contribution < -0.4 is 5.32 Å². The predicted molar refractivity (Wildman–Crippen MR) is 69.9 cm³/mol. The molecule has 2 rings (SSSR count). The second-order valence-corrected chi connectivity index (χ2v) is 4.50. The summed E-state index contributed by atoms with van der Waals surface area (Å²) in [5.41, 5.74) is 2.32. The normalized spacial score (nSPS) is 12.3. The Morgan fingerprint density at radius 1 is 1.47 bits per heavy atom. The fraction of sp³-hybridized carbons (Fsp3) is 0.286. The monoisotopic (exact) mass is 260 g/mol. The Bertz CT molecular complexity index is 578. The van der Waals surface area contributed by atoms with Gasteiger partial charge in [0.25, 0.3) is 0 Å². The van der Waals surface area contributed by atoms with E-state index in [1.165, 1.54) is 17.2 Å². The lowest BCUT2D eigenvalue weighted by molar-refractivity contribution is 0.0685. The van der Waals surface area contributed by atoms with Crippen molar-refractivity contribution in [2.24, 2.45) is 0 Å². The maximum Gasteiger partial charge on any atom is 0.358 e. The highest BCUT2D eigenvalue weighted by molar-refractivity contribution is 5.85. The number of carboxylic acids is 1. The van der Waals surface area contributed by atoms with Crippen molar-refractivity contribution < 1.29 is 14.4 Å². The van der Waals surface area contributed by atoms with Gasteiger partial charge in [-0.25, -0.2) is 4.79 Å². The fourth-order valence-electron chi connectivity index (χ4n) is 1.81. The Hall–Kier alpha value is -2.14. The number of aromatic carboxylic acids is 1. The summed E-state index contributed by atoms with van der Waals surface area (Å²) in [5, 5.41) is 15.5. The molecule has 0 bridgehead atoms. The second-order valence-electron chi connectivity index (χ2n) is 4.50. The number of rotatable bonds is 5. The summed E-state index contributed by atoms with van der Waals surface area (Å²) in [6.07, 6.45) is 0. The Morgan fingerprint density at radius 2 is 2.26 bits per heavy atom. The first kappa shape index (κ1) is 13.3. The number of nitrogens with zero attached hydrogens (tertiary/aromatic N) is 1. The van der Waals surface area contributed by atoms with Gasteiger partial charge in [-0.15, -0.1) is 0 Å². The van der Waals surface area contributed by atoms with E-state index in [1.807, 2.05) is 32.0 Å². The van der Waals surface area contributed by atoms with Gasteiger partial charge in [0, 0.05) is 12.1 Å². The van der Waals surface area contributed by atoms with Crippen LogP contribution in [0.15, 0.2) is 34.9 Å². The molecule has 1 atom stereocenters. The van der Waals surface area contributed by atoms with Crippen LogP contribution in [0.3, 0.4) is 0 Å². The first-order valence-electron chi connectivity index (χ1n) is 6.05. The number of carbonyl (C=O) groups is 1. The molecular weight excluding hydrogens is 244 g/mol. The van der Waals surface area contributed by atoms with Crippen LogP contribution in [0.4, 0.5) is 0 Å². The molecule has 0 radical (unpaired) electrons. The molecule has 0 unspecified atom stereocenters. The number of carboxylic acid groups (broad SMARTS) is 1. The highest BCUT2D eigenvalue weighted by atomic mass is 16.5. The van der Waals surface area contributed by atoms with E-state index in [2.05, 4.69) is 16.5 Å². The van der Waals surface area contributed by atoms with Crippen LogP contribution >= 0.6 is 0 Å². The molecular formula is C14H16N2O3. The molecule has 1 aromatic carbocycles. The minimum absolute atomic E-state index is 0.0694. The highest BCUT2D eigenvalue weighted by Gasteiger charge is 2.11. The molecule has 5 heteroatoms. The summed E-state index contributed by atoms with van der Waals surface area (Å²) in [5.74, 6) is -0.571. The van der Waals surface area contributed by atoms with Crippen LogP contribution in [-0.2, 0) is 6.54 Å². The lowest BCUT2D eigenvalue weighted by Gasteiger charge is -2.13. The molecule has 100 valence electrons. The number of aryl methyl sites for hydroxylation is 1. The average Bonchev–Trinajstić information content (AvgIpc) is 2.85. The average molecular weight is 260 g/mol. The van der Waals surface area contributed by atoms with Gasteiger partial charge in [0.2, 0.25) is 0 Å². The van der Waals surface area contributed by atoms with Gasteiger partial charge >= 0.3 is 5.97 Å². The van der Waals surface area contributed by atoms with E-state index in [0.29, 0.717) is 12.3 Å². The summed E-state index contributed by atoms with van der Waals surface area (Å²) in [7, 11) is 0. The number of hydrogen-bond donors (Lipinski definition) is 2. The molecule has 2 N–H and O–H groups in total. The Kier molecular flexibility index (Phi) is 3.97. The lowest BCUT2D eigenvalue weighted by atomic mass is 10.1. The van der Waals surface area contributed by atoms with Crippen molar-refractivity contribution in [2.45, 2.75) is 26.4 Å². The number of hydrogen-bond acceptors (Lipinski definition) is 4. The van der Waals surface area contributed by atoms with E-state index in [0.717, 1.165) is 0 Å². The molecule has 0 aliphatic carbocycles. The van der Waals surface area contributed by atoms with Gasteiger partial charge in [0.05, 0.1) is 6.54 Å². The van der Waals surface area contributed by atoms with Gasteiger partial charge in [-0.05, 0) is 19.4 Å². The van der Waals surface area contributed by atoms with Crippen LogP contribution in [0.1, 0.15) is 40.3 Å². The molecule has 2 aromatic rings. The van der Waals surface area contributed by atoms with Crippen molar-refractivity contribution in [1.29, 1.82) is 0 Å². The number of benzene rings is 1. The molecule has 0 spiro atoms. The fourth-order valence-corrected chi connectivity index (χ4v) is 1.81. The maximum absolute atomic E-state index is 10.7. The molecule has 19 heavy (non-hydrogen) atoms. The first-order valence-corrected chi connectivity index (χ1v) is 6.05. The van der Waals surface area contributed by atoms with E-state index in [-0.39, 0.29) is 11.7 Å². The summed E-state index contributed by atoms with van der Waals surface area (Å²) in [4.78, 5) is 10.7. The van der Waals surface area contributed by atoms with Crippen LogP contribution in [-0.4, -0.2) is 16.2 Å². The van der Waals surface area contributed by atoms with E-state index in [1.54, 1.807) is 0 Å². The molecule has 1 aromatic heterocycles. The Balaban J connectivity index is 1.96. The Labute approximate surface area is 111 Å². The van der Waals surface area contributed by atoms with Crippen molar-refractivity contribution in [3.63, 3.8) is 0 Å². The van der Waals surface area contributed by atoms with Gasteiger partial charge in [0.1, 0.15) is 0 Å². The Morgan fingerprint density at radius 3 is 2.89 bits per heavy atom. The standard InChI is InChI=1S/C14H16N2O3/c1-9-4-3-5-11(6-9)10(2)15-8-12-7-13(14(17)18)16-19-12/h3-7,10,15H,8H2,1-2H3,(H,17,18)/t10-/m0/s1. The van der Waals surface area contributed by atoms with Gasteiger partial charge < -0.3 is 14.9 Å². The third-order valence-electron chi connectivity index (χ3n) is 2.90. The lowest BCUT2D eigenvalue weighted by Crippen LogP contribution is -2.17. The van der Waals surface area contributed by atoms with Gasteiger partial charge in [-0.3, -0.25) is 0 Å². The predicted octanol–water partition coefficient (Wildman–Crippen LogP) is 2.53. The minimum atomic E-state index is -1.08. The highest BCUT2D eigenvalue weighted by Crippen LogP contribution is 2.14. The third-order valence-corrected chi connectivity index (χ3v) is 2.90. The zero-order valence-electron chi connectivity index (χ0n) is 10.9. The van der Waals surface area contributed by atoms with Crippen LogP contribution in [0.5, 0.6) is 0 Å². The van der Waals surface area contributed by atoms with Crippen LogP contribution in [0, 0.1) is 6.92 Å². The van der Waals surface area contributed by atoms with E-state index >= 15 is 0 Å². The minimum Gasteiger partial charge on any atom is -0.476 e. The van der Waals surface area contributed by atoms with E-state index in [9.17, 15) is 4.79 Å². The molecule has 1 heterocycles. The summed E-state index contributed by atoms with van der Waals surface area (Å²) in [6.45, 7) is 4.53. The van der Waals surface area contributed by atoms with Crippen LogP contribution in [0.2, 0.25) is 0 Å². The van der Waals surface area contributed by atoms with E-state index in [4.69, 9.17) is 9.63 Å². The number of aromatic nitrogens is 1. The summed E-state index contributed by atoms with van der Waals surface area (Å²) in [6, 6.07) is 9.80. The topological polar surface area (TPSA) is 75.4 Å². The molecule has 0 fully saturated rings. The van der Waals surface area contributed by atoms with Gasteiger partial charge in [0.15, 0.2) is 11.5 Å². The SMILES string of the molecule is Cc1cccc([C@H](C)NCc2cc(C(=O)O)no2)c1.